The number of benzene rings is 8. The van der Waals surface area contributed by atoms with Gasteiger partial charge in [0.05, 0.1) is 63.1 Å². The summed E-state index contributed by atoms with van der Waals surface area (Å²) in [5.74, 6) is 0. The average Bonchev–Trinajstić information content (AvgIpc) is 3.92. The Hall–Kier alpha value is -8.88. The Labute approximate surface area is 337 Å². The van der Waals surface area contributed by atoms with Crippen LogP contribution in [0.2, 0.25) is 0 Å². The summed E-state index contributed by atoms with van der Waals surface area (Å²) >= 11 is 0. The van der Waals surface area contributed by atoms with Gasteiger partial charge < -0.3 is 13.7 Å². The molecule has 0 spiro atoms. The number of hydrogen-bond acceptors (Lipinski definition) is 2. The van der Waals surface area contributed by atoms with Gasteiger partial charge in [-0.15, -0.1) is 0 Å². The molecule has 3 heterocycles. The van der Waals surface area contributed by atoms with Gasteiger partial charge >= 0.3 is 0 Å². The lowest BCUT2D eigenvalue weighted by molar-refractivity contribution is 1.15. The van der Waals surface area contributed by atoms with Crippen molar-refractivity contribution in [3.8, 4) is 40.3 Å². The lowest BCUT2D eigenvalue weighted by atomic mass is 9.94. The van der Waals surface area contributed by atoms with Crippen molar-refractivity contribution in [2.24, 2.45) is 0 Å². The fourth-order valence-electron chi connectivity index (χ4n) is 9.15. The maximum Gasteiger partial charge on any atom is 0.218 e. The molecule has 59 heavy (non-hydrogen) atoms. The topological polar surface area (TPSA) is 71.1 Å². The van der Waals surface area contributed by atoms with E-state index in [-0.39, 0.29) is 22.5 Å². The molecule has 0 fully saturated rings. The van der Waals surface area contributed by atoms with Crippen LogP contribution in [0.1, 0.15) is 11.1 Å². The maximum absolute atomic E-state index is 11.1. The molecule has 7 nitrogen and oxygen atoms in total. The molecule has 0 unspecified atom stereocenters. The van der Waals surface area contributed by atoms with Crippen molar-refractivity contribution in [2.45, 2.75) is 0 Å². The third-order valence-corrected chi connectivity index (χ3v) is 11.6. The second-order valence-corrected chi connectivity index (χ2v) is 14.5. The van der Waals surface area contributed by atoms with E-state index >= 15 is 0 Å². The summed E-state index contributed by atoms with van der Waals surface area (Å²) in [6, 6.07) is 59.3. The smallest absolute Gasteiger partial charge is 0.218 e. The third-order valence-electron chi connectivity index (χ3n) is 11.6. The van der Waals surface area contributed by atoms with E-state index in [4.69, 9.17) is 13.1 Å². The SMILES string of the molecule is [C-]#[N+]c1ccc(-c2ccc(C#N)c(C#N)c2-n2c3ccccc3c3cc4c(cc32)c2ccccc2n4-c2ccccc2)c(-n2c3ccccc3c3ccccc32)c1[N+]#[C-]. The molecule has 0 N–H and O–H groups in total. The van der Waals surface area contributed by atoms with Gasteiger partial charge in [0, 0.05) is 49.3 Å². The molecule has 0 saturated carbocycles. The number of rotatable bonds is 4. The van der Waals surface area contributed by atoms with E-state index in [1.807, 2.05) is 84.9 Å². The first-order chi connectivity index (χ1) is 29.1. The van der Waals surface area contributed by atoms with Gasteiger partial charge in [0.15, 0.2) is 5.69 Å². The van der Waals surface area contributed by atoms with Crippen LogP contribution in [-0.2, 0) is 0 Å². The number of hydrogen-bond donors (Lipinski definition) is 0. The molecule has 270 valence electrons. The predicted octanol–water partition coefficient (Wildman–Crippen LogP) is 13.5. The molecule has 0 amide bonds. The highest BCUT2D eigenvalue weighted by Crippen LogP contribution is 2.48. The van der Waals surface area contributed by atoms with Gasteiger partial charge in [-0.25, -0.2) is 4.85 Å². The van der Waals surface area contributed by atoms with Crippen molar-refractivity contribution in [2.75, 3.05) is 0 Å². The van der Waals surface area contributed by atoms with Crippen LogP contribution in [0.4, 0.5) is 11.4 Å². The van der Waals surface area contributed by atoms with E-state index in [1.165, 1.54) is 0 Å². The Kier molecular flexibility index (Phi) is 7.28. The van der Waals surface area contributed by atoms with Crippen molar-refractivity contribution in [1.29, 1.82) is 10.5 Å². The van der Waals surface area contributed by atoms with Gasteiger partial charge in [-0.1, -0.05) is 109 Å². The highest BCUT2D eigenvalue weighted by Gasteiger charge is 2.27. The zero-order valence-electron chi connectivity index (χ0n) is 31.2. The largest absolute Gasteiger partial charge is 0.320 e. The first kappa shape index (κ1) is 33.5. The molecule has 0 aliphatic carbocycles. The summed E-state index contributed by atoms with van der Waals surface area (Å²) in [6.45, 7) is 16.7. The lowest BCUT2D eigenvalue weighted by Crippen LogP contribution is -2.05. The quantitative estimate of drug-likeness (QED) is 0.168. The van der Waals surface area contributed by atoms with E-state index in [9.17, 15) is 10.5 Å². The minimum Gasteiger partial charge on any atom is -0.320 e. The molecular weight excluding hydrogens is 723 g/mol. The standard InChI is InChI=1S/C52H27N7/c1-55-43-27-26-39(52(50(43)56-2)58-45-21-11-6-16-34(45)35-17-7-12-22-46(35)58)38-25-24-32(30-53)42(31-54)51(38)59-47-23-13-9-19-37(47)41-28-48-40(29-49(41)59)36-18-8-10-20-44(36)57(48)33-14-4-3-5-15-33/h3-29H. The van der Waals surface area contributed by atoms with Gasteiger partial charge in [0.25, 0.3) is 0 Å². The van der Waals surface area contributed by atoms with Crippen molar-refractivity contribution in [3.05, 3.63) is 198 Å². The Balaban J connectivity index is 1.32. The highest BCUT2D eigenvalue weighted by molar-refractivity contribution is 6.19. The molecule has 11 rings (SSSR count). The summed E-state index contributed by atoms with van der Waals surface area (Å²) in [6.07, 6.45) is 0. The van der Waals surface area contributed by atoms with E-state index in [1.54, 1.807) is 12.1 Å². The molecule has 7 heteroatoms. The lowest BCUT2D eigenvalue weighted by Gasteiger charge is -2.21. The molecule has 0 atom stereocenters. The number of nitriles is 2. The van der Waals surface area contributed by atoms with Crippen molar-refractivity contribution in [1.82, 2.24) is 13.7 Å². The van der Waals surface area contributed by atoms with E-state index in [2.05, 4.69) is 102 Å². The van der Waals surface area contributed by atoms with Crippen LogP contribution < -0.4 is 0 Å². The maximum atomic E-state index is 11.1. The van der Waals surface area contributed by atoms with E-state index in [0.29, 0.717) is 22.5 Å². The van der Waals surface area contributed by atoms with Crippen LogP contribution in [0.5, 0.6) is 0 Å². The Bertz CT molecular complexity index is 3720. The van der Waals surface area contributed by atoms with E-state index < -0.39 is 0 Å². The average molecular weight is 750 g/mol. The second-order valence-electron chi connectivity index (χ2n) is 14.5. The molecule has 0 radical (unpaired) electrons. The van der Waals surface area contributed by atoms with Crippen LogP contribution in [0, 0.1) is 35.8 Å². The molecule has 0 bridgehead atoms. The molecule has 0 saturated heterocycles. The summed E-state index contributed by atoms with van der Waals surface area (Å²) in [4.78, 5) is 7.87. The van der Waals surface area contributed by atoms with Crippen molar-refractivity contribution in [3.63, 3.8) is 0 Å². The van der Waals surface area contributed by atoms with Crippen LogP contribution in [-0.4, -0.2) is 13.7 Å². The molecule has 0 aliphatic heterocycles. The molecule has 8 aromatic carbocycles. The van der Waals surface area contributed by atoms with Gasteiger partial charge in [-0.2, -0.15) is 10.5 Å². The fourth-order valence-corrected chi connectivity index (χ4v) is 9.15. The molecule has 0 aliphatic rings. The van der Waals surface area contributed by atoms with Crippen molar-refractivity contribution < 1.29 is 0 Å². The van der Waals surface area contributed by atoms with Gasteiger partial charge in [0.2, 0.25) is 5.69 Å². The van der Waals surface area contributed by atoms with E-state index in [0.717, 1.165) is 71.1 Å². The van der Waals surface area contributed by atoms with Crippen LogP contribution in [0.3, 0.4) is 0 Å². The predicted molar refractivity (Wildman–Crippen MR) is 237 cm³/mol. The minimum absolute atomic E-state index is 0.204. The summed E-state index contributed by atoms with van der Waals surface area (Å²) < 4.78 is 6.48. The Morgan fingerprint density at radius 3 is 1.39 bits per heavy atom. The first-order valence-electron chi connectivity index (χ1n) is 19.1. The second kappa shape index (κ2) is 12.8. The summed E-state index contributed by atoms with van der Waals surface area (Å²) in [5, 5.41) is 27.7. The third kappa shape index (κ3) is 4.65. The first-order valence-corrected chi connectivity index (χ1v) is 19.1. The Morgan fingerprint density at radius 2 is 0.864 bits per heavy atom. The molecule has 3 aromatic heterocycles. The minimum atomic E-state index is 0.204. The molecular formula is C52H27N7. The summed E-state index contributed by atoms with van der Waals surface area (Å²) in [7, 11) is 0. The fraction of sp³-hybridized carbons (Fsp3) is 0. The van der Waals surface area contributed by atoms with Crippen molar-refractivity contribution >= 4 is 76.8 Å². The number of nitrogens with zero attached hydrogens (tertiary/aromatic N) is 7. The van der Waals surface area contributed by atoms with Crippen LogP contribution in [0.15, 0.2) is 164 Å². The van der Waals surface area contributed by atoms with Gasteiger partial charge in [-0.3, -0.25) is 4.85 Å². The molecule has 11 aromatic rings. The highest BCUT2D eigenvalue weighted by atomic mass is 15.0. The normalized spacial score (nSPS) is 11.3. The van der Waals surface area contributed by atoms with Gasteiger partial charge in [0.1, 0.15) is 12.1 Å². The number of fused-ring (bicyclic) bond motifs is 9. The number of para-hydroxylation sites is 5. The van der Waals surface area contributed by atoms with Crippen LogP contribution >= 0.6 is 0 Å². The monoisotopic (exact) mass is 749 g/mol. The summed E-state index contributed by atoms with van der Waals surface area (Å²) in [5.41, 5.74) is 9.90. The Morgan fingerprint density at radius 1 is 0.407 bits per heavy atom. The zero-order valence-corrected chi connectivity index (χ0v) is 31.2. The van der Waals surface area contributed by atoms with Crippen LogP contribution in [0.25, 0.3) is 103 Å². The number of aromatic nitrogens is 3. The van der Waals surface area contributed by atoms with Gasteiger partial charge in [-0.05, 0) is 60.2 Å². The zero-order chi connectivity index (χ0) is 39.8.